The molecule has 1 aliphatic carbocycles. The molecule has 1 fully saturated rings. The lowest BCUT2D eigenvalue weighted by Crippen LogP contribution is -2.03. The van der Waals surface area contributed by atoms with Gasteiger partial charge in [0, 0.05) is 11.5 Å². The first-order valence-electron chi connectivity index (χ1n) is 4.72. The lowest BCUT2D eigenvalue weighted by atomic mass is 10.0. The minimum absolute atomic E-state index is 0.284. The van der Waals surface area contributed by atoms with Gasteiger partial charge in [0.05, 0.1) is 5.56 Å². The molecular weight excluding hydrogens is 164 g/mol. The first-order valence-corrected chi connectivity index (χ1v) is 4.72. The molecule has 0 atom stereocenters. The minimum atomic E-state index is 0.284. The number of ketones is 1. The third-order valence-electron chi connectivity index (χ3n) is 2.76. The van der Waals surface area contributed by atoms with Crippen molar-refractivity contribution in [3.8, 4) is 0 Å². The Balaban J connectivity index is 2.42. The van der Waals surface area contributed by atoms with Crippen LogP contribution in [0.5, 0.6) is 0 Å². The number of hydrogen-bond acceptors (Lipinski definition) is 2. The Kier molecular flexibility index (Phi) is 1.79. The topological polar surface area (TPSA) is 30.2 Å². The molecule has 2 rings (SSSR count). The van der Waals surface area contributed by atoms with Crippen LogP contribution in [-0.4, -0.2) is 5.78 Å². The zero-order valence-corrected chi connectivity index (χ0v) is 8.31. The summed E-state index contributed by atoms with van der Waals surface area (Å²) in [5.74, 6) is 2.23. The summed E-state index contributed by atoms with van der Waals surface area (Å²) in [4.78, 5) is 11.8. The molecule has 0 unspecified atom stereocenters. The predicted molar refractivity (Wildman–Crippen MR) is 50.0 cm³/mol. The van der Waals surface area contributed by atoms with E-state index in [0.29, 0.717) is 0 Å². The molecule has 0 bridgehead atoms. The summed E-state index contributed by atoms with van der Waals surface area (Å²) in [6.07, 6.45) is 2.11. The minimum Gasteiger partial charge on any atom is -0.466 e. The zero-order chi connectivity index (χ0) is 9.59. The standard InChI is InChI=1S/C11H14O2/c1-6-7(2)13-8(3)10(6)11(12)9-4-5-9/h9H,4-5H2,1-3H3. The van der Waals surface area contributed by atoms with Crippen LogP contribution in [0.4, 0.5) is 0 Å². The molecule has 2 nitrogen and oxygen atoms in total. The van der Waals surface area contributed by atoms with Crippen LogP contribution < -0.4 is 0 Å². The fourth-order valence-electron chi connectivity index (χ4n) is 1.71. The molecule has 0 aliphatic heterocycles. The predicted octanol–water partition coefficient (Wildman–Crippen LogP) is 2.80. The van der Waals surface area contributed by atoms with Gasteiger partial charge in [-0.25, -0.2) is 0 Å². The van der Waals surface area contributed by atoms with E-state index < -0.39 is 0 Å². The zero-order valence-electron chi connectivity index (χ0n) is 8.31. The molecule has 1 aliphatic rings. The van der Waals surface area contributed by atoms with E-state index in [-0.39, 0.29) is 11.7 Å². The molecule has 0 N–H and O–H groups in total. The van der Waals surface area contributed by atoms with E-state index >= 15 is 0 Å². The number of rotatable bonds is 2. The summed E-state index contributed by atoms with van der Waals surface area (Å²) < 4.78 is 5.42. The van der Waals surface area contributed by atoms with Crippen LogP contribution in [0, 0.1) is 26.7 Å². The molecular formula is C11H14O2. The number of Topliss-reactive ketones (excluding diaryl/α,β-unsaturated/α-hetero) is 1. The molecule has 1 heterocycles. The Bertz CT molecular complexity index is 356. The fraction of sp³-hybridized carbons (Fsp3) is 0.545. The van der Waals surface area contributed by atoms with Crippen LogP contribution in [0.25, 0.3) is 0 Å². The van der Waals surface area contributed by atoms with E-state index in [9.17, 15) is 4.79 Å². The highest BCUT2D eigenvalue weighted by Crippen LogP contribution is 2.35. The highest BCUT2D eigenvalue weighted by Gasteiger charge is 2.33. The van der Waals surface area contributed by atoms with Crippen LogP contribution in [0.15, 0.2) is 4.42 Å². The monoisotopic (exact) mass is 178 g/mol. The van der Waals surface area contributed by atoms with Gasteiger partial charge in [0.15, 0.2) is 5.78 Å². The molecule has 0 saturated heterocycles. The lowest BCUT2D eigenvalue weighted by Gasteiger charge is -1.96. The Morgan fingerprint density at radius 2 is 1.85 bits per heavy atom. The maximum atomic E-state index is 11.8. The maximum Gasteiger partial charge on any atom is 0.169 e. The van der Waals surface area contributed by atoms with Crippen molar-refractivity contribution in [1.29, 1.82) is 0 Å². The summed E-state index contributed by atoms with van der Waals surface area (Å²) >= 11 is 0. The van der Waals surface area contributed by atoms with E-state index in [2.05, 4.69) is 0 Å². The number of aryl methyl sites for hydroxylation is 2. The number of carbonyl (C=O) groups is 1. The summed E-state index contributed by atoms with van der Waals surface area (Å²) in [6.45, 7) is 5.74. The second-order valence-corrected chi connectivity index (χ2v) is 3.85. The van der Waals surface area contributed by atoms with Gasteiger partial charge in [0.1, 0.15) is 11.5 Å². The van der Waals surface area contributed by atoms with Crippen LogP contribution in [0.1, 0.15) is 40.3 Å². The van der Waals surface area contributed by atoms with Gasteiger partial charge < -0.3 is 4.42 Å². The van der Waals surface area contributed by atoms with Gasteiger partial charge in [-0.05, 0) is 33.6 Å². The number of furan rings is 1. The summed E-state index contributed by atoms with van der Waals surface area (Å²) in [5, 5.41) is 0. The molecule has 1 saturated carbocycles. The lowest BCUT2D eigenvalue weighted by molar-refractivity contribution is 0.0965. The van der Waals surface area contributed by atoms with E-state index in [0.717, 1.165) is 35.5 Å². The SMILES string of the molecule is Cc1oc(C)c(C(=O)C2CC2)c1C. The first kappa shape index (κ1) is 8.54. The van der Waals surface area contributed by atoms with Crippen LogP contribution >= 0.6 is 0 Å². The Labute approximate surface area is 77.9 Å². The smallest absolute Gasteiger partial charge is 0.169 e. The van der Waals surface area contributed by atoms with Crippen molar-refractivity contribution in [2.24, 2.45) is 5.92 Å². The Hall–Kier alpha value is -1.05. The van der Waals surface area contributed by atoms with Crippen LogP contribution in [-0.2, 0) is 0 Å². The second-order valence-electron chi connectivity index (χ2n) is 3.85. The van der Waals surface area contributed by atoms with E-state index in [1.54, 1.807) is 0 Å². The Morgan fingerprint density at radius 1 is 1.23 bits per heavy atom. The molecule has 13 heavy (non-hydrogen) atoms. The summed E-state index contributed by atoms with van der Waals surface area (Å²) in [7, 11) is 0. The highest BCUT2D eigenvalue weighted by atomic mass is 16.3. The largest absolute Gasteiger partial charge is 0.466 e. The van der Waals surface area contributed by atoms with Gasteiger partial charge >= 0.3 is 0 Å². The molecule has 0 aromatic carbocycles. The van der Waals surface area contributed by atoms with Gasteiger partial charge in [-0.15, -0.1) is 0 Å². The molecule has 2 heteroatoms. The van der Waals surface area contributed by atoms with Crippen molar-refractivity contribution in [2.45, 2.75) is 33.6 Å². The van der Waals surface area contributed by atoms with Crippen molar-refractivity contribution >= 4 is 5.78 Å². The highest BCUT2D eigenvalue weighted by molar-refractivity contribution is 6.01. The molecule has 70 valence electrons. The van der Waals surface area contributed by atoms with E-state index in [1.807, 2.05) is 20.8 Å². The normalized spacial score (nSPS) is 16.2. The molecule has 0 spiro atoms. The van der Waals surface area contributed by atoms with Gasteiger partial charge in [0.25, 0.3) is 0 Å². The van der Waals surface area contributed by atoms with E-state index in [4.69, 9.17) is 4.42 Å². The summed E-state index contributed by atoms with van der Waals surface area (Å²) in [5.41, 5.74) is 1.86. The fourth-order valence-corrected chi connectivity index (χ4v) is 1.71. The third kappa shape index (κ3) is 1.30. The number of hydrogen-bond donors (Lipinski definition) is 0. The van der Waals surface area contributed by atoms with Crippen molar-refractivity contribution in [2.75, 3.05) is 0 Å². The van der Waals surface area contributed by atoms with Crippen molar-refractivity contribution in [3.05, 3.63) is 22.6 Å². The van der Waals surface area contributed by atoms with Gasteiger partial charge in [-0.1, -0.05) is 0 Å². The molecule has 0 radical (unpaired) electrons. The average Bonchev–Trinajstić information content (AvgIpc) is 2.82. The van der Waals surface area contributed by atoms with Crippen LogP contribution in [0.2, 0.25) is 0 Å². The first-order chi connectivity index (χ1) is 6.11. The van der Waals surface area contributed by atoms with Crippen LogP contribution in [0.3, 0.4) is 0 Å². The number of carbonyl (C=O) groups excluding carboxylic acids is 1. The van der Waals surface area contributed by atoms with Gasteiger partial charge in [-0.3, -0.25) is 4.79 Å². The summed E-state index contributed by atoms with van der Waals surface area (Å²) in [6, 6.07) is 0. The van der Waals surface area contributed by atoms with Crippen molar-refractivity contribution < 1.29 is 9.21 Å². The molecule has 1 aromatic heterocycles. The Morgan fingerprint density at radius 3 is 2.23 bits per heavy atom. The quantitative estimate of drug-likeness (QED) is 0.652. The third-order valence-corrected chi connectivity index (χ3v) is 2.76. The van der Waals surface area contributed by atoms with E-state index in [1.165, 1.54) is 0 Å². The maximum absolute atomic E-state index is 11.8. The van der Waals surface area contributed by atoms with Crippen molar-refractivity contribution in [1.82, 2.24) is 0 Å². The molecule has 0 amide bonds. The molecule has 1 aromatic rings. The van der Waals surface area contributed by atoms with Gasteiger partial charge in [-0.2, -0.15) is 0 Å². The second kappa shape index (κ2) is 2.72. The van der Waals surface area contributed by atoms with Crippen molar-refractivity contribution in [3.63, 3.8) is 0 Å². The average molecular weight is 178 g/mol. The van der Waals surface area contributed by atoms with Gasteiger partial charge in [0.2, 0.25) is 0 Å².